The molecule has 1 aliphatic rings. The predicted octanol–water partition coefficient (Wildman–Crippen LogP) is 4.20. The molecular formula is C21H25FN4OS. The number of hydrogen-bond donors (Lipinski definition) is 1. The number of aryl methyl sites for hydroxylation is 3. The molecule has 3 aromatic rings. The van der Waals surface area contributed by atoms with Crippen molar-refractivity contribution in [3.8, 4) is 0 Å². The summed E-state index contributed by atoms with van der Waals surface area (Å²) in [5.41, 5.74) is 2.76. The van der Waals surface area contributed by atoms with E-state index in [0.717, 1.165) is 53.7 Å². The van der Waals surface area contributed by atoms with Crippen molar-refractivity contribution in [2.75, 3.05) is 31.6 Å². The van der Waals surface area contributed by atoms with Gasteiger partial charge in [0.25, 0.3) is 0 Å². The standard InChI is InChI=1S/C21H25FN4OS/c1-13-4-5-16(10-17(13)22)11-23-20-19-14(2)15(3)28-21(19)25-18(24-20)12-26-6-8-27-9-7-26/h4-5,10H,6-9,11-12H2,1-3H3,(H,23,24,25). The normalized spacial score (nSPS) is 15.3. The van der Waals surface area contributed by atoms with Gasteiger partial charge in [-0.05, 0) is 43.5 Å². The summed E-state index contributed by atoms with van der Waals surface area (Å²) in [6.07, 6.45) is 0. The maximum atomic E-state index is 13.9. The van der Waals surface area contributed by atoms with E-state index in [2.05, 4.69) is 24.1 Å². The molecule has 0 atom stereocenters. The average Bonchev–Trinajstić information content (AvgIpc) is 2.97. The van der Waals surface area contributed by atoms with Crippen LogP contribution < -0.4 is 5.32 Å². The Morgan fingerprint density at radius 1 is 1.18 bits per heavy atom. The molecule has 7 heteroatoms. The lowest BCUT2D eigenvalue weighted by Gasteiger charge is -2.25. The van der Waals surface area contributed by atoms with Gasteiger partial charge in [0.15, 0.2) is 0 Å². The SMILES string of the molecule is Cc1ccc(CNc2nc(CN3CCOCC3)nc3sc(C)c(C)c23)cc1F. The molecule has 1 N–H and O–H groups in total. The number of rotatable bonds is 5. The Bertz CT molecular complexity index is 998. The van der Waals surface area contributed by atoms with Crippen molar-refractivity contribution in [1.82, 2.24) is 14.9 Å². The summed E-state index contributed by atoms with van der Waals surface area (Å²) < 4.78 is 19.3. The van der Waals surface area contributed by atoms with E-state index in [4.69, 9.17) is 14.7 Å². The van der Waals surface area contributed by atoms with E-state index in [1.54, 1.807) is 24.3 Å². The van der Waals surface area contributed by atoms with Crippen LogP contribution in [-0.4, -0.2) is 41.2 Å². The van der Waals surface area contributed by atoms with E-state index in [-0.39, 0.29) is 5.82 Å². The molecule has 0 saturated carbocycles. The summed E-state index contributed by atoms with van der Waals surface area (Å²) in [5, 5.41) is 4.50. The van der Waals surface area contributed by atoms with Crippen LogP contribution in [0.1, 0.15) is 27.4 Å². The van der Waals surface area contributed by atoms with Crippen LogP contribution in [0.5, 0.6) is 0 Å². The fourth-order valence-corrected chi connectivity index (χ4v) is 4.43. The minimum Gasteiger partial charge on any atom is -0.379 e. The van der Waals surface area contributed by atoms with Crippen molar-refractivity contribution in [2.45, 2.75) is 33.9 Å². The molecule has 5 nitrogen and oxygen atoms in total. The third-order valence-electron chi connectivity index (χ3n) is 5.24. The Labute approximate surface area is 168 Å². The lowest BCUT2D eigenvalue weighted by atomic mass is 10.1. The number of nitrogens with zero attached hydrogens (tertiary/aromatic N) is 3. The summed E-state index contributed by atoms with van der Waals surface area (Å²) in [6, 6.07) is 5.34. The largest absolute Gasteiger partial charge is 0.379 e. The molecule has 0 unspecified atom stereocenters. The first-order valence-electron chi connectivity index (χ1n) is 9.57. The van der Waals surface area contributed by atoms with Crippen molar-refractivity contribution < 1.29 is 9.13 Å². The van der Waals surface area contributed by atoms with Crippen LogP contribution in [0, 0.1) is 26.6 Å². The van der Waals surface area contributed by atoms with Crippen LogP contribution in [0.2, 0.25) is 0 Å². The number of benzene rings is 1. The van der Waals surface area contributed by atoms with Crippen LogP contribution >= 0.6 is 11.3 Å². The summed E-state index contributed by atoms with van der Waals surface area (Å²) in [5.74, 6) is 1.46. The third kappa shape index (κ3) is 4.01. The van der Waals surface area contributed by atoms with Gasteiger partial charge in [0, 0.05) is 24.5 Å². The fraction of sp³-hybridized carbons (Fsp3) is 0.429. The maximum absolute atomic E-state index is 13.9. The van der Waals surface area contributed by atoms with E-state index in [9.17, 15) is 4.39 Å². The Kier molecular flexibility index (Phi) is 5.57. The van der Waals surface area contributed by atoms with Gasteiger partial charge in [-0.3, -0.25) is 4.90 Å². The Hall–Kier alpha value is -2.09. The van der Waals surface area contributed by atoms with Gasteiger partial charge >= 0.3 is 0 Å². The number of morpholine rings is 1. The molecule has 148 valence electrons. The Morgan fingerprint density at radius 2 is 1.96 bits per heavy atom. The number of hydrogen-bond acceptors (Lipinski definition) is 6. The minimum absolute atomic E-state index is 0.178. The highest BCUT2D eigenvalue weighted by molar-refractivity contribution is 7.18. The van der Waals surface area contributed by atoms with Gasteiger partial charge in [-0.25, -0.2) is 14.4 Å². The molecule has 4 rings (SSSR count). The molecule has 0 amide bonds. The first kappa shape index (κ1) is 19.2. The van der Waals surface area contributed by atoms with Crippen LogP contribution in [0.25, 0.3) is 10.2 Å². The van der Waals surface area contributed by atoms with Gasteiger partial charge in [0.05, 0.1) is 25.1 Å². The van der Waals surface area contributed by atoms with Crippen molar-refractivity contribution in [2.24, 2.45) is 0 Å². The van der Waals surface area contributed by atoms with Gasteiger partial charge in [-0.1, -0.05) is 12.1 Å². The molecule has 0 aliphatic carbocycles. The molecule has 3 heterocycles. The number of fused-ring (bicyclic) bond motifs is 1. The molecule has 1 aromatic carbocycles. The van der Waals surface area contributed by atoms with Crippen molar-refractivity contribution in [3.05, 3.63) is 51.4 Å². The van der Waals surface area contributed by atoms with Gasteiger partial charge in [-0.2, -0.15) is 0 Å². The minimum atomic E-state index is -0.178. The highest BCUT2D eigenvalue weighted by atomic mass is 32.1. The molecule has 0 spiro atoms. The average molecular weight is 401 g/mol. The fourth-order valence-electron chi connectivity index (χ4n) is 3.38. The van der Waals surface area contributed by atoms with E-state index in [1.807, 2.05) is 12.1 Å². The number of halogens is 1. The zero-order valence-electron chi connectivity index (χ0n) is 16.5. The van der Waals surface area contributed by atoms with Crippen LogP contribution in [-0.2, 0) is 17.8 Å². The second-order valence-corrected chi connectivity index (χ2v) is 8.48. The predicted molar refractivity (Wildman–Crippen MR) is 111 cm³/mol. The quantitative estimate of drug-likeness (QED) is 0.696. The van der Waals surface area contributed by atoms with Crippen molar-refractivity contribution in [1.29, 1.82) is 0 Å². The van der Waals surface area contributed by atoms with Gasteiger partial charge in [-0.15, -0.1) is 11.3 Å². The smallest absolute Gasteiger partial charge is 0.146 e. The topological polar surface area (TPSA) is 50.3 Å². The van der Waals surface area contributed by atoms with Gasteiger partial charge in [0.2, 0.25) is 0 Å². The Morgan fingerprint density at radius 3 is 2.71 bits per heavy atom. The lowest BCUT2D eigenvalue weighted by molar-refractivity contribution is 0.0331. The van der Waals surface area contributed by atoms with E-state index in [1.165, 1.54) is 10.4 Å². The number of anilines is 1. The zero-order chi connectivity index (χ0) is 19.7. The van der Waals surface area contributed by atoms with Crippen LogP contribution in [0.15, 0.2) is 18.2 Å². The first-order valence-corrected chi connectivity index (χ1v) is 10.4. The molecule has 1 aliphatic heterocycles. The third-order valence-corrected chi connectivity index (χ3v) is 6.34. The monoisotopic (exact) mass is 400 g/mol. The number of nitrogens with one attached hydrogen (secondary N) is 1. The number of aromatic nitrogens is 2. The molecule has 2 aromatic heterocycles. The molecule has 1 fully saturated rings. The second kappa shape index (κ2) is 8.11. The molecular weight excluding hydrogens is 375 g/mol. The Balaban J connectivity index is 1.63. The molecule has 0 radical (unpaired) electrons. The summed E-state index contributed by atoms with van der Waals surface area (Å²) in [4.78, 5) is 14.2. The summed E-state index contributed by atoms with van der Waals surface area (Å²) in [6.45, 7) is 10.5. The summed E-state index contributed by atoms with van der Waals surface area (Å²) >= 11 is 1.70. The van der Waals surface area contributed by atoms with Crippen LogP contribution in [0.4, 0.5) is 10.2 Å². The van der Waals surface area contributed by atoms with Crippen molar-refractivity contribution in [3.63, 3.8) is 0 Å². The van der Waals surface area contributed by atoms with Gasteiger partial charge in [0.1, 0.15) is 22.3 Å². The highest BCUT2D eigenvalue weighted by Gasteiger charge is 2.17. The molecule has 0 bridgehead atoms. The zero-order valence-corrected chi connectivity index (χ0v) is 17.3. The maximum Gasteiger partial charge on any atom is 0.146 e. The molecule has 1 saturated heterocycles. The van der Waals surface area contributed by atoms with E-state index >= 15 is 0 Å². The van der Waals surface area contributed by atoms with E-state index < -0.39 is 0 Å². The van der Waals surface area contributed by atoms with Crippen molar-refractivity contribution >= 4 is 27.4 Å². The van der Waals surface area contributed by atoms with E-state index in [0.29, 0.717) is 18.7 Å². The second-order valence-electron chi connectivity index (χ2n) is 7.28. The highest BCUT2D eigenvalue weighted by Crippen LogP contribution is 2.33. The van der Waals surface area contributed by atoms with Gasteiger partial charge < -0.3 is 10.1 Å². The molecule has 28 heavy (non-hydrogen) atoms. The number of ether oxygens (including phenoxy) is 1. The first-order chi connectivity index (χ1) is 13.5. The summed E-state index contributed by atoms with van der Waals surface area (Å²) in [7, 11) is 0. The number of thiophene rings is 1. The lowest BCUT2D eigenvalue weighted by Crippen LogP contribution is -2.36. The van der Waals surface area contributed by atoms with Crippen LogP contribution in [0.3, 0.4) is 0 Å².